The van der Waals surface area contributed by atoms with Crippen molar-refractivity contribution in [2.45, 2.75) is 6.92 Å². The van der Waals surface area contributed by atoms with Crippen molar-refractivity contribution in [3.63, 3.8) is 0 Å². The first-order chi connectivity index (χ1) is 12.0. The van der Waals surface area contributed by atoms with Crippen LogP contribution in [0.2, 0.25) is 0 Å². The highest BCUT2D eigenvalue weighted by molar-refractivity contribution is 6.09. The van der Waals surface area contributed by atoms with Crippen LogP contribution in [-0.4, -0.2) is 47.5 Å². The van der Waals surface area contributed by atoms with Crippen LogP contribution in [0.5, 0.6) is 17.5 Å². The number of hydrogen-bond acceptors (Lipinski definition) is 9. The van der Waals surface area contributed by atoms with Gasteiger partial charge in [0.05, 0.1) is 38.5 Å². The first-order valence-corrected chi connectivity index (χ1v) is 7.17. The number of phenolic OH excluding ortho intramolecular Hbond substituents is 1. The molecule has 1 aromatic carbocycles. The molecule has 0 saturated heterocycles. The van der Waals surface area contributed by atoms with E-state index in [0.717, 1.165) is 0 Å². The number of nitrogens with zero attached hydrogens (tertiary/aromatic N) is 3. The SMILES string of the molecule is COC(=O)c1c(-c2nc(OC)cc(OC)n2)cc(O)c2c(C)noc12. The van der Waals surface area contributed by atoms with Crippen LogP contribution in [0.25, 0.3) is 22.4 Å². The van der Waals surface area contributed by atoms with E-state index in [1.165, 1.54) is 33.5 Å². The van der Waals surface area contributed by atoms with Gasteiger partial charge in [-0.15, -0.1) is 0 Å². The van der Waals surface area contributed by atoms with Crippen LogP contribution >= 0.6 is 0 Å². The van der Waals surface area contributed by atoms with Crippen molar-refractivity contribution >= 4 is 16.9 Å². The lowest BCUT2D eigenvalue weighted by molar-refractivity contribution is 0.0602. The Labute approximate surface area is 142 Å². The zero-order valence-corrected chi connectivity index (χ0v) is 14.0. The summed E-state index contributed by atoms with van der Waals surface area (Å²) in [6, 6.07) is 2.84. The number of aromatic nitrogens is 3. The minimum atomic E-state index is -0.679. The predicted molar refractivity (Wildman–Crippen MR) is 85.9 cm³/mol. The Morgan fingerprint density at radius 1 is 1.12 bits per heavy atom. The fourth-order valence-electron chi connectivity index (χ4n) is 2.46. The average molecular weight is 345 g/mol. The molecule has 9 heteroatoms. The standard InChI is InChI=1S/C16H15N3O6/c1-7-12-9(20)5-8(13(16(21)24-4)14(12)25-19-7)15-17-10(22-2)6-11(18-15)23-3/h5-6,20H,1-4H3. The van der Waals surface area contributed by atoms with Gasteiger partial charge in [-0.05, 0) is 13.0 Å². The Morgan fingerprint density at radius 3 is 2.32 bits per heavy atom. The highest BCUT2D eigenvalue weighted by Gasteiger charge is 2.26. The Hall–Kier alpha value is -3.36. The van der Waals surface area contributed by atoms with Gasteiger partial charge in [0.1, 0.15) is 11.3 Å². The van der Waals surface area contributed by atoms with Gasteiger partial charge < -0.3 is 23.8 Å². The fourth-order valence-corrected chi connectivity index (χ4v) is 2.46. The van der Waals surface area contributed by atoms with E-state index in [-0.39, 0.29) is 40.0 Å². The molecular formula is C16H15N3O6. The number of aryl methyl sites for hydroxylation is 1. The maximum absolute atomic E-state index is 12.3. The number of aromatic hydroxyl groups is 1. The van der Waals surface area contributed by atoms with Gasteiger partial charge in [0.25, 0.3) is 0 Å². The fraction of sp³-hybridized carbons (Fsp3) is 0.250. The zero-order valence-electron chi connectivity index (χ0n) is 14.0. The van der Waals surface area contributed by atoms with Gasteiger partial charge in [-0.3, -0.25) is 0 Å². The molecule has 25 heavy (non-hydrogen) atoms. The number of methoxy groups -OCH3 is 3. The first kappa shape index (κ1) is 16.5. The minimum Gasteiger partial charge on any atom is -0.507 e. The lowest BCUT2D eigenvalue weighted by atomic mass is 10.0. The molecule has 9 nitrogen and oxygen atoms in total. The van der Waals surface area contributed by atoms with Crippen molar-refractivity contribution in [3.05, 3.63) is 23.4 Å². The number of rotatable bonds is 4. The molecule has 0 aliphatic carbocycles. The molecule has 0 saturated carbocycles. The second kappa shape index (κ2) is 6.27. The number of esters is 1. The topological polar surface area (TPSA) is 117 Å². The third-order valence-corrected chi connectivity index (χ3v) is 3.62. The zero-order chi connectivity index (χ0) is 18.1. The molecule has 130 valence electrons. The summed E-state index contributed by atoms with van der Waals surface area (Å²) >= 11 is 0. The quantitative estimate of drug-likeness (QED) is 0.709. The molecule has 0 atom stereocenters. The highest BCUT2D eigenvalue weighted by atomic mass is 16.5. The first-order valence-electron chi connectivity index (χ1n) is 7.17. The van der Waals surface area contributed by atoms with E-state index in [0.29, 0.717) is 11.1 Å². The number of phenols is 1. The summed E-state index contributed by atoms with van der Waals surface area (Å²) < 4.78 is 20.3. The van der Waals surface area contributed by atoms with Crippen LogP contribution in [0.3, 0.4) is 0 Å². The number of carbonyl (C=O) groups excluding carboxylic acids is 1. The average Bonchev–Trinajstić information content (AvgIpc) is 3.02. The molecule has 0 radical (unpaired) electrons. The second-order valence-corrected chi connectivity index (χ2v) is 5.06. The van der Waals surface area contributed by atoms with Crippen molar-refractivity contribution in [2.24, 2.45) is 0 Å². The van der Waals surface area contributed by atoms with E-state index in [4.69, 9.17) is 18.7 Å². The molecule has 0 bridgehead atoms. The Kier molecular flexibility index (Phi) is 4.14. The number of fused-ring (bicyclic) bond motifs is 1. The third kappa shape index (κ3) is 2.69. The number of ether oxygens (including phenoxy) is 3. The van der Waals surface area contributed by atoms with E-state index in [2.05, 4.69) is 15.1 Å². The summed E-state index contributed by atoms with van der Waals surface area (Å²) in [5.74, 6) is -0.247. The maximum atomic E-state index is 12.3. The molecule has 0 amide bonds. The Morgan fingerprint density at radius 2 is 1.76 bits per heavy atom. The van der Waals surface area contributed by atoms with Gasteiger partial charge in [-0.2, -0.15) is 9.97 Å². The van der Waals surface area contributed by atoms with Gasteiger partial charge in [0.2, 0.25) is 11.8 Å². The predicted octanol–water partition coefficient (Wildman–Crippen LogP) is 2.10. The molecule has 1 N–H and O–H groups in total. The van der Waals surface area contributed by atoms with E-state index in [1.54, 1.807) is 6.92 Å². The summed E-state index contributed by atoms with van der Waals surface area (Å²) in [6.45, 7) is 1.65. The van der Waals surface area contributed by atoms with Gasteiger partial charge in [-0.1, -0.05) is 5.16 Å². The molecule has 0 unspecified atom stereocenters. The third-order valence-electron chi connectivity index (χ3n) is 3.62. The Balaban J connectivity index is 2.38. The van der Waals surface area contributed by atoms with Crippen LogP contribution in [0.15, 0.2) is 16.7 Å². The highest BCUT2D eigenvalue weighted by Crippen LogP contribution is 2.38. The van der Waals surface area contributed by atoms with Crippen molar-refractivity contribution in [1.29, 1.82) is 0 Å². The number of hydrogen-bond donors (Lipinski definition) is 1. The largest absolute Gasteiger partial charge is 0.507 e. The molecule has 0 aliphatic heterocycles. The summed E-state index contributed by atoms with van der Waals surface area (Å²) in [7, 11) is 4.11. The van der Waals surface area contributed by atoms with Crippen LogP contribution < -0.4 is 9.47 Å². The number of benzene rings is 1. The summed E-state index contributed by atoms with van der Waals surface area (Å²) in [4.78, 5) is 20.8. The lowest BCUT2D eigenvalue weighted by Crippen LogP contribution is -2.06. The van der Waals surface area contributed by atoms with Crippen LogP contribution in [0, 0.1) is 6.92 Å². The van der Waals surface area contributed by atoms with Gasteiger partial charge in [0.15, 0.2) is 11.4 Å². The van der Waals surface area contributed by atoms with E-state index >= 15 is 0 Å². The molecular weight excluding hydrogens is 330 g/mol. The van der Waals surface area contributed by atoms with E-state index in [9.17, 15) is 9.90 Å². The van der Waals surface area contributed by atoms with Gasteiger partial charge >= 0.3 is 5.97 Å². The maximum Gasteiger partial charge on any atom is 0.342 e. The Bertz CT molecular complexity index is 944. The molecule has 3 aromatic rings. The van der Waals surface area contributed by atoms with Crippen molar-refractivity contribution in [1.82, 2.24) is 15.1 Å². The van der Waals surface area contributed by atoms with Crippen LogP contribution in [-0.2, 0) is 4.74 Å². The van der Waals surface area contributed by atoms with Crippen molar-refractivity contribution in [3.8, 4) is 28.9 Å². The van der Waals surface area contributed by atoms with E-state index in [1.807, 2.05) is 0 Å². The molecule has 2 heterocycles. The molecule has 2 aromatic heterocycles. The van der Waals surface area contributed by atoms with Crippen LogP contribution in [0.4, 0.5) is 0 Å². The molecule has 0 spiro atoms. The van der Waals surface area contributed by atoms with Crippen LogP contribution in [0.1, 0.15) is 16.1 Å². The second-order valence-electron chi connectivity index (χ2n) is 5.06. The van der Waals surface area contributed by atoms with Gasteiger partial charge in [-0.25, -0.2) is 4.79 Å². The summed E-state index contributed by atoms with van der Waals surface area (Å²) in [6.07, 6.45) is 0. The van der Waals surface area contributed by atoms with E-state index < -0.39 is 5.97 Å². The minimum absolute atomic E-state index is 0.0474. The molecule has 0 aliphatic rings. The van der Waals surface area contributed by atoms with Gasteiger partial charge in [0, 0.05) is 5.56 Å². The van der Waals surface area contributed by atoms with Crippen molar-refractivity contribution < 1.29 is 28.6 Å². The summed E-state index contributed by atoms with van der Waals surface area (Å²) in [5.41, 5.74) is 0.773. The smallest absolute Gasteiger partial charge is 0.342 e. The normalized spacial score (nSPS) is 10.7. The molecule has 3 rings (SSSR count). The number of carbonyl (C=O) groups is 1. The molecule has 0 fully saturated rings. The lowest BCUT2D eigenvalue weighted by Gasteiger charge is -2.10. The summed E-state index contributed by atoms with van der Waals surface area (Å²) in [5, 5.41) is 14.5. The monoisotopic (exact) mass is 345 g/mol. The van der Waals surface area contributed by atoms with Crippen molar-refractivity contribution in [2.75, 3.05) is 21.3 Å².